The second-order valence-corrected chi connectivity index (χ2v) is 8.08. The maximum absolute atomic E-state index is 13.3. The zero-order valence-corrected chi connectivity index (χ0v) is 16.1. The normalized spacial score (nSPS) is 29.9. The minimum Gasteiger partial charge on any atom is -0.468 e. The largest absolute Gasteiger partial charge is 0.468 e. The molecule has 0 unspecified atom stereocenters. The predicted molar refractivity (Wildman–Crippen MR) is 101 cm³/mol. The fraction of sp³-hybridized carbons (Fsp3) is 0.350. The van der Waals surface area contributed by atoms with Gasteiger partial charge in [0, 0.05) is 4.88 Å². The van der Waals surface area contributed by atoms with Gasteiger partial charge in [0.05, 0.1) is 30.7 Å². The van der Waals surface area contributed by atoms with Crippen LogP contribution in [0.3, 0.4) is 0 Å². The van der Waals surface area contributed by atoms with E-state index in [1.807, 2.05) is 24.4 Å². The summed E-state index contributed by atoms with van der Waals surface area (Å²) in [5, 5.41) is 5.21. The number of ether oxygens (including phenoxy) is 1. The number of carbonyl (C=O) groups is 3. The number of imide groups is 1. The number of rotatable bonds is 3. The highest BCUT2D eigenvalue weighted by Gasteiger charge is 2.67. The maximum atomic E-state index is 13.3. The number of thiophene rings is 1. The Morgan fingerprint density at radius 2 is 1.89 bits per heavy atom. The number of nitrogens with zero attached hydrogens (tertiary/aromatic N) is 1. The molecule has 2 aliphatic rings. The Morgan fingerprint density at radius 3 is 2.48 bits per heavy atom. The van der Waals surface area contributed by atoms with Gasteiger partial charge in [0.2, 0.25) is 11.8 Å². The third kappa shape index (κ3) is 2.45. The standard InChI is InChI=1S/C20H20N2O4S/c1-11-9-10-27-16(11)15-13-14(20(2,21-15)19(25)26-3)18(24)22(17(13)23)12-7-5-4-6-8-12/h4-10,13-15,21H,1-3H3/t13-,14-,15+,20-/m1/s1. The van der Waals surface area contributed by atoms with Crippen LogP contribution < -0.4 is 10.2 Å². The molecule has 2 aromatic rings. The van der Waals surface area contributed by atoms with E-state index in [0.717, 1.165) is 10.4 Å². The number of methoxy groups -OCH3 is 1. The second-order valence-electron chi connectivity index (χ2n) is 7.13. The summed E-state index contributed by atoms with van der Waals surface area (Å²) in [5.74, 6) is -2.66. The lowest BCUT2D eigenvalue weighted by atomic mass is 9.81. The summed E-state index contributed by atoms with van der Waals surface area (Å²) in [4.78, 5) is 41.4. The Balaban J connectivity index is 1.84. The van der Waals surface area contributed by atoms with Crippen molar-refractivity contribution < 1.29 is 19.1 Å². The van der Waals surface area contributed by atoms with E-state index in [1.165, 1.54) is 23.3 Å². The van der Waals surface area contributed by atoms with Crippen molar-refractivity contribution in [1.82, 2.24) is 5.32 Å². The lowest BCUT2D eigenvalue weighted by Gasteiger charge is -2.28. The van der Waals surface area contributed by atoms with Gasteiger partial charge < -0.3 is 4.74 Å². The van der Waals surface area contributed by atoms with Crippen LogP contribution in [0.25, 0.3) is 0 Å². The number of amides is 2. The first kappa shape index (κ1) is 17.9. The lowest BCUT2D eigenvalue weighted by Crippen LogP contribution is -2.54. The summed E-state index contributed by atoms with van der Waals surface area (Å²) < 4.78 is 4.99. The van der Waals surface area contributed by atoms with Crippen molar-refractivity contribution in [2.45, 2.75) is 25.4 Å². The zero-order valence-electron chi connectivity index (χ0n) is 15.3. The molecular weight excluding hydrogens is 364 g/mol. The van der Waals surface area contributed by atoms with Gasteiger partial charge in [-0.25, -0.2) is 4.90 Å². The number of carbonyl (C=O) groups excluding carboxylic acids is 3. The van der Waals surface area contributed by atoms with E-state index < -0.39 is 29.4 Å². The molecule has 0 spiro atoms. The summed E-state index contributed by atoms with van der Waals surface area (Å²) in [7, 11) is 1.30. The number of fused-ring (bicyclic) bond motifs is 1. The molecule has 2 aliphatic heterocycles. The van der Waals surface area contributed by atoms with Gasteiger partial charge >= 0.3 is 5.97 Å². The van der Waals surface area contributed by atoms with E-state index in [1.54, 1.807) is 31.2 Å². The molecule has 0 radical (unpaired) electrons. The van der Waals surface area contributed by atoms with E-state index in [-0.39, 0.29) is 11.8 Å². The predicted octanol–water partition coefficient (Wildman–Crippen LogP) is 2.44. The number of hydrogen-bond donors (Lipinski definition) is 1. The Labute approximate surface area is 161 Å². The first-order valence-corrected chi connectivity index (χ1v) is 9.61. The Morgan fingerprint density at radius 1 is 1.19 bits per heavy atom. The van der Waals surface area contributed by atoms with Gasteiger partial charge in [-0.2, -0.15) is 0 Å². The SMILES string of the molecule is COC(=O)[C@]1(C)N[C@H](c2sccc2C)[C@@H]2C(=O)N(c3ccccc3)C(=O)[C@@H]21. The van der Waals surface area contributed by atoms with Crippen LogP contribution in [0.1, 0.15) is 23.4 Å². The Hall–Kier alpha value is -2.51. The minimum atomic E-state index is -1.27. The van der Waals surface area contributed by atoms with Gasteiger partial charge in [-0.05, 0) is 43.0 Å². The summed E-state index contributed by atoms with van der Waals surface area (Å²) in [6.45, 7) is 3.62. The molecule has 2 saturated heterocycles. The average molecular weight is 384 g/mol. The van der Waals surface area contributed by atoms with Crippen molar-refractivity contribution in [3.63, 3.8) is 0 Å². The first-order valence-electron chi connectivity index (χ1n) is 8.73. The smallest absolute Gasteiger partial charge is 0.326 e. The van der Waals surface area contributed by atoms with Crippen LogP contribution in [0.5, 0.6) is 0 Å². The number of anilines is 1. The highest BCUT2D eigenvalue weighted by Crippen LogP contribution is 2.51. The van der Waals surface area contributed by atoms with E-state index in [4.69, 9.17) is 4.74 Å². The van der Waals surface area contributed by atoms with Gasteiger partial charge in [0.25, 0.3) is 0 Å². The monoisotopic (exact) mass is 384 g/mol. The average Bonchev–Trinajstić information content (AvgIpc) is 3.30. The Bertz CT molecular complexity index is 925. The van der Waals surface area contributed by atoms with E-state index in [9.17, 15) is 14.4 Å². The molecule has 4 atom stereocenters. The number of para-hydroxylation sites is 1. The van der Waals surface area contributed by atoms with Crippen LogP contribution in [0.2, 0.25) is 0 Å². The third-order valence-corrected chi connectivity index (χ3v) is 6.70. The topological polar surface area (TPSA) is 75.7 Å². The molecule has 7 heteroatoms. The molecule has 1 aromatic carbocycles. The zero-order chi connectivity index (χ0) is 19.3. The van der Waals surface area contributed by atoms with E-state index >= 15 is 0 Å². The number of aryl methyl sites for hydroxylation is 1. The summed E-state index contributed by atoms with van der Waals surface area (Å²) >= 11 is 1.52. The highest BCUT2D eigenvalue weighted by molar-refractivity contribution is 7.10. The fourth-order valence-corrected chi connectivity index (χ4v) is 5.32. The highest BCUT2D eigenvalue weighted by atomic mass is 32.1. The van der Waals surface area contributed by atoms with Crippen molar-refractivity contribution in [2.24, 2.45) is 11.8 Å². The molecule has 27 heavy (non-hydrogen) atoms. The second kappa shape index (κ2) is 6.28. The van der Waals surface area contributed by atoms with Crippen molar-refractivity contribution in [3.05, 3.63) is 52.2 Å². The fourth-order valence-electron chi connectivity index (χ4n) is 4.30. The van der Waals surface area contributed by atoms with Crippen LogP contribution >= 0.6 is 11.3 Å². The summed E-state index contributed by atoms with van der Waals surface area (Å²) in [5.41, 5.74) is 0.288. The molecule has 0 bridgehead atoms. The number of esters is 1. The molecule has 0 saturated carbocycles. The van der Waals surface area contributed by atoms with Crippen LogP contribution in [0.4, 0.5) is 5.69 Å². The van der Waals surface area contributed by atoms with Gasteiger partial charge in [-0.15, -0.1) is 11.3 Å². The molecule has 6 nitrogen and oxygen atoms in total. The Kier molecular flexibility index (Phi) is 4.16. The van der Waals surface area contributed by atoms with Crippen molar-refractivity contribution in [1.29, 1.82) is 0 Å². The van der Waals surface area contributed by atoms with Gasteiger partial charge in [0.15, 0.2) is 0 Å². The third-order valence-electron chi connectivity index (χ3n) is 5.60. The molecule has 2 fully saturated rings. The molecular formula is C20H20N2O4S. The minimum absolute atomic E-state index is 0.283. The van der Waals surface area contributed by atoms with E-state index in [0.29, 0.717) is 5.69 Å². The summed E-state index contributed by atoms with van der Waals surface area (Å²) in [6, 6.07) is 10.4. The molecule has 4 rings (SSSR count). The number of nitrogens with one attached hydrogen (secondary N) is 1. The number of hydrogen-bond acceptors (Lipinski definition) is 6. The van der Waals surface area contributed by atoms with Crippen LogP contribution in [-0.2, 0) is 19.1 Å². The molecule has 140 valence electrons. The summed E-state index contributed by atoms with van der Waals surface area (Å²) in [6.07, 6.45) is 0. The molecule has 1 aromatic heterocycles. The number of benzene rings is 1. The van der Waals surface area contributed by atoms with Crippen molar-refractivity contribution in [2.75, 3.05) is 12.0 Å². The van der Waals surface area contributed by atoms with E-state index in [2.05, 4.69) is 5.32 Å². The molecule has 1 N–H and O–H groups in total. The van der Waals surface area contributed by atoms with Crippen LogP contribution in [-0.4, -0.2) is 30.4 Å². The lowest BCUT2D eigenvalue weighted by molar-refractivity contribution is -0.151. The van der Waals surface area contributed by atoms with Crippen LogP contribution in [0.15, 0.2) is 41.8 Å². The molecule has 0 aliphatic carbocycles. The molecule has 3 heterocycles. The molecule has 2 amide bonds. The quantitative estimate of drug-likeness (QED) is 0.650. The van der Waals surface area contributed by atoms with Gasteiger partial charge in [-0.1, -0.05) is 18.2 Å². The van der Waals surface area contributed by atoms with Gasteiger partial charge in [-0.3, -0.25) is 19.7 Å². The van der Waals surface area contributed by atoms with Crippen molar-refractivity contribution in [3.8, 4) is 0 Å². The van der Waals surface area contributed by atoms with Gasteiger partial charge in [0.1, 0.15) is 5.54 Å². The first-order chi connectivity index (χ1) is 12.9. The van der Waals surface area contributed by atoms with Crippen molar-refractivity contribution >= 4 is 34.8 Å². The maximum Gasteiger partial charge on any atom is 0.326 e. The van der Waals surface area contributed by atoms with Crippen LogP contribution in [0, 0.1) is 18.8 Å².